The average molecular weight is 430 g/mol. The Kier molecular flexibility index (Phi) is 6.87. The fraction of sp³-hybridized carbons (Fsp3) is 0.522. The summed E-state index contributed by atoms with van der Waals surface area (Å²) in [6, 6.07) is 9.00. The summed E-state index contributed by atoms with van der Waals surface area (Å²) in [5.74, 6) is 1.42. The van der Waals surface area contributed by atoms with Gasteiger partial charge in [-0.15, -0.1) is 0 Å². The van der Waals surface area contributed by atoms with Crippen molar-refractivity contribution in [2.24, 2.45) is 13.0 Å². The second-order valence-corrected chi connectivity index (χ2v) is 8.74. The molecule has 3 rings (SSSR count). The van der Waals surface area contributed by atoms with E-state index in [1.165, 1.54) is 17.9 Å². The highest BCUT2D eigenvalue weighted by atomic mass is 16.6. The monoisotopic (exact) mass is 429 g/mol. The van der Waals surface area contributed by atoms with Crippen LogP contribution < -0.4 is 15.0 Å². The molecule has 0 radical (unpaired) electrons. The minimum absolute atomic E-state index is 0.240. The summed E-state index contributed by atoms with van der Waals surface area (Å²) in [5, 5.41) is 4.37. The molecule has 0 spiro atoms. The summed E-state index contributed by atoms with van der Waals surface area (Å²) in [6.07, 6.45) is 1.44. The number of carbonyl (C=O) groups excluding carboxylic acids is 1. The van der Waals surface area contributed by atoms with Crippen LogP contribution in [0, 0.1) is 5.92 Å². The van der Waals surface area contributed by atoms with Crippen molar-refractivity contribution in [2.75, 3.05) is 26.8 Å². The maximum atomic E-state index is 12.2. The lowest BCUT2D eigenvalue weighted by Gasteiger charge is -2.33. The van der Waals surface area contributed by atoms with E-state index in [4.69, 9.17) is 14.2 Å². The summed E-state index contributed by atoms with van der Waals surface area (Å²) >= 11 is 0. The van der Waals surface area contributed by atoms with Crippen molar-refractivity contribution >= 4 is 6.09 Å². The van der Waals surface area contributed by atoms with Gasteiger partial charge in [0.05, 0.1) is 13.7 Å². The van der Waals surface area contributed by atoms with Gasteiger partial charge in [0.25, 0.3) is 5.56 Å². The number of ether oxygens (including phenoxy) is 3. The average Bonchev–Trinajstić information content (AvgIpc) is 2.73. The highest BCUT2D eigenvalue weighted by Crippen LogP contribution is 2.34. The third kappa shape index (κ3) is 5.77. The summed E-state index contributed by atoms with van der Waals surface area (Å²) in [5.41, 5.74) is 0.591. The van der Waals surface area contributed by atoms with E-state index in [-0.39, 0.29) is 11.7 Å². The molecule has 0 unspecified atom stereocenters. The SMILES string of the molecule is COc1cc(=O)n(C)nc1-c1ccccc1OCC1CCN(C(=O)OC(C)(C)C)CC1. The minimum atomic E-state index is -0.489. The van der Waals surface area contributed by atoms with Crippen molar-refractivity contribution in [2.45, 2.75) is 39.2 Å². The molecule has 0 bridgehead atoms. The van der Waals surface area contributed by atoms with Crippen LogP contribution >= 0.6 is 0 Å². The number of likely N-dealkylation sites (tertiary alicyclic amines) is 1. The number of aromatic nitrogens is 2. The fourth-order valence-electron chi connectivity index (χ4n) is 3.47. The van der Waals surface area contributed by atoms with E-state index >= 15 is 0 Å². The van der Waals surface area contributed by atoms with Crippen LogP contribution in [0.25, 0.3) is 11.3 Å². The molecule has 1 saturated heterocycles. The lowest BCUT2D eigenvalue weighted by molar-refractivity contribution is 0.0165. The van der Waals surface area contributed by atoms with Crippen LogP contribution in [0.4, 0.5) is 4.79 Å². The molecule has 1 aliphatic rings. The van der Waals surface area contributed by atoms with Crippen LogP contribution in [0.3, 0.4) is 0 Å². The number of piperidine rings is 1. The Balaban J connectivity index is 1.65. The molecule has 8 nitrogen and oxygen atoms in total. The molecular formula is C23H31N3O5. The topological polar surface area (TPSA) is 82.9 Å². The second kappa shape index (κ2) is 9.41. The van der Waals surface area contributed by atoms with Crippen LogP contribution in [0.15, 0.2) is 35.1 Å². The number of carbonyl (C=O) groups is 1. The summed E-state index contributed by atoms with van der Waals surface area (Å²) in [7, 11) is 3.12. The normalized spacial score (nSPS) is 14.9. The Labute approximate surface area is 182 Å². The van der Waals surface area contributed by atoms with E-state index in [9.17, 15) is 9.59 Å². The zero-order valence-electron chi connectivity index (χ0n) is 18.9. The van der Waals surface area contributed by atoms with Crippen molar-refractivity contribution in [3.63, 3.8) is 0 Å². The Morgan fingerprint density at radius 3 is 2.48 bits per heavy atom. The zero-order chi connectivity index (χ0) is 22.6. The molecule has 0 atom stereocenters. The van der Waals surface area contributed by atoms with Gasteiger partial charge in [-0.05, 0) is 51.7 Å². The van der Waals surface area contributed by atoms with Gasteiger partial charge >= 0.3 is 6.09 Å². The number of para-hydroxylation sites is 1. The molecule has 0 saturated carbocycles. The number of aryl methyl sites for hydroxylation is 1. The number of rotatable bonds is 5. The molecule has 0 N–H and O–H groups in total. The van der Waals surface area contributed by atoms with Gasteiger partial charge in [-0.25, -0.2) is 9.48 Å². The molecule has 1 aromatic heterocycles. The van der Waals surface area contributed by atoms with E-state index in [2.05, 4.69) is 5.10 Å². The molecule has 1 aromatic carbocycles. The zero-order valence-corrected chi connectivity index (χ0v) is 18.9. The quantitative estimate of drug-likeness (QED) is 0.724. The van der Waals surface area contributed by atoms with Gasteiger partial charge in [0.15, 0.2) is 5.75 Å². The van der Waals surface area contributed by atoms with E-state index in [0.717, 1.165) is 18.4 Å². The first-order valence-electron chi connectivity index (χ1n) is 10.5. The summed E-state index contributed by atoms with van der Waals surface area (Å²) < 4.78 is 18.3. The highest BCUT2D eigenvalue weighted by molar-refractivity contribution is 5.71. The standard InChI is InChI=1S/C23H31N3O5/c1-23(2,3)31-22(28)26-12-10-16(11-13-26)15-30-18-9-7-6-8-17(18)21-19(29-5)14-20(27)25(4)24-21/h6-9,14,16H,10-13,15H2,1-5H3. The number of amides is 1. The van der Waals surface area contributed by atoms with E-state index in [1.807, 2.05) is 45.0 Å². The molecule has 2 aromatic rings. The lowest BCUT2D eigenvalue weighted by atomic mass is 9.98. The largest absolute Gasteiger partial charge is 0.494 e. The molecular weight excluding hydrogens is 398 g/mol. The second-order valence-electron chi connectivity index (χ2n) is 8.74. The van der Waals surface area contributed by atoms with Gasteiger partial charge in [-0.1, -0.05) is 12.1 Å². The van der Waals surface area contributed by atoms with Gasteiger partial charge in [-0.2, -0.15) is 5.10 Å². The van der Waals surface area contributed by atoms with Crippen molar-refractivity contribution in [3.05, 3.63) is 40.7 Å². The van der Waals surface area contributed by atoms with Crippen LogP contribution in [-0.4, -0.2) is 53.2 Å². The van der Waals surface area contributed by atoms with Gasteiger partial charge in [0.2, 0.25) is 0 Å². The Morgan fingerprint density at radius 2 is 1.84 bits per heavy atom. The van der Waals surface area contributed by atoms with E-state index in [1.54, 1.807) is 11.9 Å². The summed E-state index contributed by atoms with van der Waals surface area (Å²) in [4.78, 5) is 25.9. The highest BCUT2D eigenvalue weighted by Gasteiger charge is 2.27. The van der Waals surface area contributed by atoms with Crippen molar-refractivity contribution < 1.29 is 19.0 Å². The van der Waals surface area contributed by atoms with Crippen molar-refractivity contribution in [1.82, 2.24) is 14.7 Å². The van der Waals surface area contributed by atoms with Gasteiger partial charge < -0.3 is 19.1 Å². The molecule has 1 amide bonds. The fourth-order valence-corrected chi connectivity index (χ4v) is 3.47. The third-order valence-electron chi connectivity index (χ3n) is 5.16. The predicted octanol–water partition coefficient (Wildman–Crippen LogP) is 3.48. The molecule has 0 aliphatic carbocycles. The first-order valence-corrected chi connectivity index (χ1v) is 10.5. The smallest absolute Gasteiger partial charge is 0.410 e. The molecule has 1 aliphatic heterocycles. The van der Waals surface area contributed by atoms with Gasteiger partial charge in [-0.3, -0.25) is 4.79 Å². The number of benzene rings is 1. The van der Waals surface area contributed by atoms with Crippen LogP contribution in [-0.2, 0) is 11.8 Å². The lowest BCUT2D eigenvalue weighted by Crippen LogP contribution is -2.42. The molecule has 1 fully saturated rings. The third-order valence-corrected chi connectivity index (χ3v) is 5.16. The first kappa shape index (κ1) is 22.7. The number of hydrogen-bond acceptors (Lipinski definition) is 6. The van der Waals surface area contributed by atoms with E-state index in [0.29, 0.717) is 42.8 Å². The molecule has 2 heterocycles. The Bertz CT molecular complexity index is 972. The van der Waals surface area contributed by atoms with Gasteiger partial charge in [0, 0.05) is 31.8 Å². The van der Waals surface area contributed by atoms with E-state index < -0.39 is 5.60 Å². The number of methoxy groups -OCH3 is 1. The van der Waals surface area contributed by atoms with Crippen LogP contribution in [0.2, 0.25) is 0 Å². The van der Waals surface area contributed by atoms with Crippen molar-refractivity contribution in [1.29, 1.82) is 0 Å². The van der Waals surface area contributed by atoms with Crippen LogP contribution in [0.5, 0.6) is 11.5 Å². The summed E-state index contributed by atoms with van der Waals surface area (Å²) in [6.45, 7) is 7.46. The molecule has 8 heteroatoms. The van der Waals surface area contributed by atoms with Gasteiger partial charge in [0.1, 0.15) is 17.0 Å². The molecule has 168 valence electrons. The predicted molar refractivity (Wildman–Crippen MR) is 117 cm³/mol. The Morgan fingerprint density at radius 1 is 1.16 bits per heavy atom. The van der Waals surface area contributed by atoms with Crippen molar-refractivity contribution in [3.8, 4) is 22.8 Å². The molecule has 31 heavy (non-hydrogen) atoms. The Hall–Kier alpha value is -3.03. The van der Waals surface area contributed by atoms with Crippen LogP contribution in [0.1, 0.15) is 33.6 Å². The minimum Gasteiger partial charge on any atom is -0.494 e. The number of nitrogens with zero attached hydrogens (tertiary/aromatic N) is 3. The maximum Gasteiger partial charge on any atom is 0.410 e. The first-order chi connectivity index (χ1) is 14.7. The maximum absolute atomic E-state index is 12.2. The number of hydrogen-bond donors (Lipinski definition) is 0.